The van der Waals surface area contributed by atoms with Gasteiger partial charge < -0.3 is 15.0 Å². The molecule has 0 radical (unpaired) electrons. The average Bonchev–Trinajstić information content (AvgIpc) is 3.13. The maximum atomic E-state index is 11.1. The van der Waals surface area contributed by atoms with Gasteiger partial charge in [0.05, 0.1) is 11.0 Å². The Morgan fingerprint density at radius 1 is 0.966 bits per heavy atom. The summed E-state index contributed by atoms with van der Waals surface area (Å²) in [7, 11) is 0. The first-order chi connectivity index (χ1) is 14.1. The Morgan fingerprint density at radius 3 is 2.52 bits per heavy atom. The molecule has 0 fully saturated rings. The number of nitrogens with one attached hydrogen (secondary N) is 1. The third kappa shape index (κ3) is 3.12. The Balaban J connectivity index is 1.62. The van der Waals surface area contributed by atoms with E-state index in [0.717, 1.165) is 34.4 Å². The molecule has 4 nitrogen and oxygen atoms in total. The number of aryl methyl sites for hydroxylation is 2. The van der Waals surface area contributed by atoms with Gasteiger partial charge in [-0.3, -0.25) is 0 Å². The van der Waals surface area contributed by atoms with Gasteiger partial charge in [0.1, 0.15) is 11.9 Å². The third-order valence-corrected chi connectivity index (χ3v) is 5.70. The number of nitrogens with zero attached hydrogens (tertiary/aromatic N) is 2. The van der Waals surface area contributed by atoms with E-state index in [9.17, 15) is 5.11 Å². The molecule has 1 atom stereocenters. The maximum absolute atomic E-state index is 11.1. The predicted octanol–water partition coefficient (Wildman–Crippen LogP) is 5.27. The molecule has 1 unspecified atom stereocenters. The summed E-state index contributed by atoms with van der Waals surface area (Å²) < 4.78 is 0. The van der Waals surface area contributed by atoms with Crippen LogP contribution in [0.15, 0.2) is 72.9 Å². The largest absolute Gasteiger partial charge is 0.383 e. The lowest BCUT2D eigenvalue weighted by Gasteiger charge is -2.32. The number of fused-ring (bicyclic) bond motifs is 2. The van der Waals surface area contributed by atoms with Crippen LogP contribution in [0, 0.1) is 13.8 Å². The third-order valence-electron chi connectivity index (χ3n) is 5.70. The molecule has 1 aromatic heterocycles. The van der Waals surface area contributed by atoms with Crippen LogP contribution in [0.4, 0.5) is 5.69 Å². The van der Waals surface area contributed by atoms with Crippen molar-refractivity contribution in [3.05, 3.63) is 101 Å². The molecule has 144 valence electrons. The fourth-order valence-corrected chi connectivity index (χ4v) is 3.96. The van der Waals surface area contributed by atoms with Crippen molar-refractivity contribution in [3.63, 3.8) is 0 Å². The number of aromatic nitrogens is 2. The number of rotatable bonds is 3. The Morgan fingerprint density at radius 2 is 1.69 bits per heavy atom. The zero-order valence-corrected chi connectivity index (χ0v) is 16.6. The van der Waals surface area contributed by atoms with Crippen LogP contribution in [0.25, 0.3) is 16.6 Å². The summed E-state index contributed by atoms with van der Waals surface area (Å²) in [6.45, 7) is 4.92. The van der Waals surface area contributed by atoms with E-state index in [2.05, 4.69) is 66.2 Å². The summed E-state index contributed by atoms with van der Waals surface area (Å²) in [6, 6.07) is 22.6. The Bertz CT molecular complexity index is 1180. The van der Waals surface area contributed by atoms with Gasteiger partial charge in [0.15, 0.2) is 0 Å². The smallest absolute Gasteiger partial charge is 0.138 e. The van der Waals surface area contributed by atoms with Crippen molar-refractivity contribution in [2.24, 2.45) is 0 Å². The maximum Gasteiger partial charge on any atom is 0.138 e. The minimum Gasteiger partial charge on any atom is -0.383 e. The highest BCUT2D eigenvalue weighted by Crippen LogP contribution is 2.40. The topological polar surface area (TPSA) is 52.1 Å². The molecule has 0 spiro atoms. The summed E-state index contributed by atoms with van der Waals surface area (Å²) in [4.78, 5) is 10.4. The highest BCUT2D eigenvalue weighted by Gasteiger charge is 2.28. The predicted molar refractivity (Wildman–Crippen MR) is 118 cm³/mol. The minimum absolute atomic E-state index is 0.713. The van der Waals surface area contributed by atoms with Crippen LogP contribution in [0.3, 0.4) is 0 Å². The summed E-state index contributed by atoms with van der Waals surface area (Å²) >= 11 is 0. The number of aliphatic hydroxyl groups excluding tert-OH is 1. The minimum atomic E-state index is -0.721. The molecule has 1 aliphatic heterocycles. The summed E-state index contributed by atoms with van der Waals surface area (Å²) in [5.41, 5.74) is 8.27. The molecule has 0 saturated carbocycles. The van der Waals surface area contributed by atoms with Crippen molar-refractivity contribution in [2.75, 3.05) is 4.90 Å². The Kier molecular flexibility index (Phi) is 4.22. The first kappa shape index (κ1) is 17.7. The van der Waals surface area contributed by atoms with Gasteiger partial charge in [0, 0.05) is 29.6 Å². The number of para-hydroxylation sites is 1. The molecule has 2 N–H and O–H groups in total. The van der Waals surface area contributed by atoms with E-state index in [4.69, 9.17) is 4.98 Å². The molecule has 2 heterocycles. The second-order valence-corrected chi connectivity index (χ2v) is 7.70. The van der Waals surface area contributed by atoms with Gasteiger partial charge in [0.25, 0.3) is 0 Å². The van der Waals surface area contributed by atoms with Crippen LogP contribution in [0.2, 0.25) is 0 Å². The highest BCUT2D eigenvalue weighted by atomic mass is 16.3. The number of H-pyrrole nitrogens is 1. The lowest BCUT2D eigenvalue weighted by Crippen LogP contribution is -2.24. The fourth-order valence-electron chi connectivity index (χ4n) is 3.96. The van der Waals surface area contributed by atoms with Crippen molar-refractivity contribution in [2.45, 2.75) is 26.5 Å². The zero-order valence-electron chi connectivity index (χ0n) is 16.6. The van der Waals surface area contributed by atoms with E-state index in [0.29, 0.717) is 5.82 Å². The Hall–Kier alpha value is -3.37. The zero-order chi connectivity index (χ0) is 20.0. The standard InChI is InChI=1S/C25H23N3O/c1-16-12-21-22(13-17(16)2)27-25(26-21)20-15-28(14-18-8-4-3-5-9-18)23-11-7-6-10-19(23)24(20)29/h3-13,15,24,29H,14H2,1-2H3,(H,26,27). The molecular weight excluding hydrogens is 358 g/mol. The molecule has 4 heteroatoms. The quantitative estimate of drug-likeness (QED) is 0.508. The number of aromatic amines is 1. The summed E-state index contributed by atoms with van der Waals surface area (Å²) in [6.07, 6.45) is 1.30. The number of benzene rings is 3. The van der Waals surface area contributed by atoms with E-state index in [-0.39, 0.29) is 0 Å². The molecule has 0 aliphatic carbocycles. The second-order valence-electron chi connectivity index (χ2n) is 7.70. The van der Waals surface area contributed by atoms with Gasteiger partial charge in [-0.05, 0) is 48.7 Å². The monoisotopic (exact) mass is 381 g/mol. The second kappa shape index (κ2) is 6.90. The highest BCUT2D eigenvalue weighted by molar-refractivity contribution is 5.83. The Labute approximate surface area is 170 Å². The molecule has 0 saturated heterocycles. The molecule has 0 bridgehead atoms. The normalized spacial score (nSPS) is 16.0. The molecule has 3 aromatic carbocycles. The van der Waals surface area contributed by atoms with Gasteiger partial charge in [-0.1, -0.05) is 48.5 Å². The van der Waals surface area contributed by atoms with E-state index >= 15 is 0 Å². The molecule has 5 rings (SSSR count). The van der Waals surface area contributed by atoms with E-state index in [1.54, 1.807) is 0 Å². The van der Waals surface area contributed by atoms with Gasteiger partial charge in [-0.15, -0.1) is 0 Å². The van der Waals surface area contributed by atoms with E-state index in [1.807, 2.05) is 30.5 Å². The van der Waals surface area contributed by atoms with Gasteiger partial charge in [-0.25, -0.2) is 4.98 Å². The van der Waals surface area contributed by atoms with Crippen molar-refractivity contribution >= 4 is 22.3 Å². The van der Waals surface area contributed by atoms with Crippen LogP contribution < -0.4 is 4.90 Å². The van der Waals surface area contributed by atoms with Crippen molar-refractivity contribution in [1.29, 1.82) is 0 Å². The van der Waals surface area contributed by atoms with Crippen molar-refractivity contribution in [3.8, 4) is 0 Å². The first-order valence-corrected chi connectivity index (χ1v) is 9.87. The summed E-state index contributed by atoms with van der Waals surface area (Å²) in [5, 5.41) is 11.1. The van der Waals surface area contributed by atoms with Gasteiger partial charge >= 0.3 is 0 Å². The number of hydrogen-bond donors (Lipinski definition) is 2. The van der Waals surface area contributed by atoms with Crippen molar-refractivity contribution < 1.29 is 5.11 Å². The average molecular weight is 381 g/mol. The molecule has 1 aliphatic rings. The van der Waals surface area contributed by atoms with Crippen LogP contribution in [0.5, 0.6) is 0 Å². The lowest BCUT2D eigenvalue weighted by molar-refractivity contribution is 0.236. The SMILES string of the molecule is Cc1cc2nc(C3=CN(Cc4ccccc4)c4ccccc4C3O)[nH]c2cc1C. The number of anilines is 1. The van der Waals surface area contributed by atoms with Crippen LogP contribution in [-0.4, -0.2) is 15.1 Å². The number of aliphatic hydroxyl groups is 1. The van der Waals surface area contributed by atoms with E-state index < -0.39 is 6.10 Å². The van der Waals surface area contributed by atoms with Crippen LogP contribution in [0.1, 0.15) is 34.2 Å². The molecule has 29 heavy (non-hydrogen) atoms. The van der Waals surface area contributed by atoms with Crippen molar-refractivity contribution in [1.82, 2.24) is 9.97 Å². The lowest BCUT2D eigenvalue weighted by atomic mass is 9.95. The van der Waals surface area contributed by atoms with Gasteiger partial charge in [0.2, 0.25) is 0 Å². The molecule has 4 aromatic rings. The molecule has 0 amide bonds. The van der Waals surface area contributed by atoms with Crippen LogP contribution >= 0.6 is 0 Å². The van der Waals surface area contributed by atoms with Crippen LogP contribution in [-0.2, 0) is 6.54 Å². The molecular formula is C25H23N3O. The van der Waals surface area contributed by atoms with Gasteiger partial charge in [-0.2, -0.15) is 0 Å². The summed E-state index contributed by atoms with van der Waals surface area (Å²) in [5.74, 6) is 0.713. The first-order valence-electron chi connectivity index (χ1n) is 9.87. The number of hydrogen-bond acceptors (Lipinski definition) is 3. The van der Waals surface area contributed by atoms with E-state index in [1.165, 1.54) is 16.7 Å². The number of imidazole rings is 1. The fraction of sp³-hybridized carbons (Fsp3) is 0.160.